The number of rotatable bonds is 2. The Morgan fingerprint density at radius 3 is 2.72 bits per heavy atom. The molecule has 0 saturated carbocycles. The number of ether oxygens (including phenoxy) is 2. The molecule has 1 unspecified atom stereocenters. The summed E-state index contributed by atoms with van der Waals surface area (Å²) in [6.45, 7) is 6.96. The van der Waals surface area contributed by atoms with Gasteiger partial charge in [0.05, 0.1) is 6.10 Å². The molecule has 1 N–H and O–H groups in total. The lowest BCUT2D eigenvalue weighted by atomic mass is 9.59. The minimum Gasteiger partial charge on any atom is -0.443 e. The van der Waals surface area contributed by atoms with E-state index in [1.807, 2.05) is 20.0 Å². The van der Waals surface area contributed by atoms with Crippen LogP contribution in [0.5, 0.6) is 0 Å². The number of hydrogen-bond acceptors (Lipinski definition) is 5. The van der Waals surface area contributed by atoms with Crippen LogP contribution < -0.4 is 0 Å². The molecule has 0 aromatic heterocycles. The Balaban J connectivity index is 1.66. The van der Waals surface area contributed by atoms with Gasteiger partial charge < -0.3 is 24.4 Å². The normalized spacial score (nSPS) is 36.7. The van der Waals surface area contributed by atoms with Crippen LogP contribution in [0.2, 0.25) is 0 Å². The average molecular weight is 402 g/mol. The summed E-state index contributed by atoms with van der Waals surface area (Å²) in [7, 11) is 3.43. The SMILES string of the molecule is CO[C@@H]1C=C2C=C3C(=C(C)C(=O)N3C)C[C@]2(C)[C@@H](C)[C@H]1OC(=O)N1CCC(O)C1. The summed E-state index contributed by atoms with van der Waals surface area (Å²) in [5, 5.41) is 9.73. The van der Waals surface area contributed by atoms with Crippen molar-refractivity contribution in [3.8, 4) is 0 Å². The first-order chi connectivity index (χ1) is 13.7. The molecule has 0 aromatic rings. The van der Waals surface area contributed by atoms with E-state index in [1.54, 1.807) is 16.9 Å². The van der Waals surface area contributed by atoms with E-state index in [0.29, 0.717) is 19.5 Å². The molecule has 2 amide bonds. The number of nitrogens with zero attached hydrogens (tertiary/aromatic N) is 2. The first kappa shape index (κ1) is 20.2. The molecule has 2 heterocycles. The molecule has 0 spiro atoms. The van der Waals surface area contributed by atoms with Gasteiger partial charge in [-0.25, -0.2) is 4.79 Å². The van der Waals surface area contributed by atoms with Crippen LogP contribution in [0.15, 0.2) is 34.6 Å². The smallest absolute Gasteiger partial charge is 0.410 e. The Hall–Kier alpha value is -2.12. The van der Waals surface area contributed by atoms with Gasteiger partial charge in [-0.15, -0.1) is 0 Å². The van der Waals surface area contributed by atoms with Gasteiger partial charge in [-0.1, -0.05) is 13.8 Å². The van der Waals surface area contributed by atoms with Gasteiger partial charge in [-0.2, -0.15) is 0 Å². The summed E-state index contributed by atoms with van der Waals surface area (Å²) in [6.07, 6.45) is 3.73. The average Bonchev–Trinajstić information content (AvgIpc) is 3.21. The van der Waals surface area contributed by atoms with Gasteiger partial charge in [0.2, 0.25) is 0 Å². The van der Waals surface area contributed by atoms with Crippen molar-refractivity contribution >= 4 is 12.0 Å². The van der Waals surface area contributed by atoms with E-state index in [4.69, 9.17) is 9.47 Å². The molecule has 7 nitrogen and oxygen atoms in total. The second-order valence-corrected chi connectivity index (χ2v) is 8.94. The summed E-state index contributed by atoms with van der Waals surface area (Å²) in [6, 6.07) is 0. The fourth-order valence-electron chi connectivity index (χ4n) is 5.12. The monoisotopic (exact) mass is 402 g/mol. The number of carbonyl (C=O) groups excluding carboxylic acids is 2. The number of likely N-dealkylation sites (tertiary alicyclic amines) is 1. The number of aliphatic hydroxyl groups is 1. The molecule has 2 aliphatic carbocycles. The van der Waals surface area contributed by atoms with Crippen LogP contribution in [0.25, 0.3) is 0 Å². The third-order valence-corrected chi connectivity index (χ3v) is 7.34. The van der Waals surface area contributed by atoms with Crippen molar-refractivity contribution in [2.45, 2.75) is 51.9 Å². The van der Waals surface area contributed by atoms with Gasteiger partial charge in [-0.3, -0.25) is 4.79 Å². The second kappa shape index (κ2) is 6.99. The van der Waals surface area contributed by atoms with Crippen molar-refractivity contribution in [2.24, 2.45) is 11.3 Å². The molecule has 4 rings (SSSR count). The number of likely N-dealkylation sites (N-methyl/N-ethyl adjacent to an activating group) is 1. The lowest BCUT2D eigenvalue weighted by molar-refractivity contribution is -0.123. The maximum Gasteiger partial charge on any atom is 0.410 e. The number of aliphatic hydroxyl groups excluding tert-OH is 1. The highest BCUT2D eigenvalue weighted by Crippen LogP contribution is 2.54. The first-order valence-corrected chi connectivity index (χ1v) is 10.3. The third kappa shape index (κ3) is 3.02. The predicted molar refractivity (Wildman–Crippen MR) is 107 cm³/mol. The summed E-state index contributed by atoms with van der Waals surface area (Å²) in [5.41, 5.74) is 3.68. The number of hydrogen-bond donors (Lipinski definition) is 1. The van der Waals surface area contributed by atoms with Crippen LogP contribution in [0, 0.1) is 11.3 Å². The molecule has 1 fully saturated rings. The number of β-amino-alcohol motifs (C(OH)–C–C–N with tert-alkyl or cyclic N) is 1. The van der Waals surface area contributed by atoms with Gasteiger partial charge >= 0.3 is 6.09 Å². The number of allylic oxidation sites excluding steroid dienone is 3. The minimum atomic E-state index is -0.484. The molecule has 5 atom stereocenters. The lowest BCUT2D eigenvalue weighted by Crippen LogP contribution is -2.50. The van der Waals surface area contributed by atoms with Gasteiger partial charge in [0.15, 0.2) is 0 Å². The number of fused-ring (bicyclic) bond motifs is 2. The highest BCUT2D eigenvalue weighted by atomic mass is 16.6. The third-order valence-electron chi connectivity index (χ3n) is 7.34. The molecule has 0 radical (unpaired) electrons. The van der Waals surface area contributed by atoms with Crippen molar-refractivity contribution < 1.29 is 24.2 Å². The van der Waals surface area contributed by atoms with Crippen LogP contribution in [0.4, 0.5) is 4.79 Å². The zero-order valence-corrected chi connectivity index (χ0v) is 17.8. The maximum atomic E-state index is 12.7. The fourth-order valence-corrected chi connectivity index (χ4v) is 5.12. The van der Waals surface area contributed by atoms with Crippen LogP contribution in [-0.4, -0.2) is 72.5 Å². The topological polar surface area (TPSA) is 79.3 Å². The summed E-state index contributed by atoms with van der Waals surface area (Å²) in [5.74, 6) is 0.0312. The van der Waals surface area contributed by atoms with Crippen molar-refractivity contribution in [3.05, 3.63) is 34.6 Å². The van der Waals surface area contributed by atoms with Crippen molar-refractivity contribution in [3.63, 3.8) is 0 Å². The highest BCUT2D eigenvalue weighted by molar-refractivity contribution is 6.00. The summed E-state index contributed by atoms with van der Waals surface area (Å²) < 4.78 is 11.6. The molecule has 0 bridgehead atoms. The molecule has 2 aliphatic heterocycles. The zero-order chi connectivity index (χ0) is 21.1. The van der Waals surface area contributed by atoms with E-state index in [1.165, 1.54) is 0 Å². The molecule has 29 heavy (non-hydrogen) atoms. The quantitative estimate of drug-likeness (QED) is 0.766. The number of carbonyl (C=O) groups is 2. The Labute approximate surface area is 171 Å². The molecule has 1 saturated heterocycles. The summed E-state index contributed by atoms with van der Waals surface area (Å²) >= 11 is 0. The fraction of sp³-hybridized carbons (Fsp3) is 0.636. The summed E-state index contributed by atoms with van der Waals surface area (Å²) in [4.78, 5) is 28.4. The van der Waals surface area contributed by atoms with E-state index in [2.05, 4.69) is 19.9 Å². The van der Waals surface area contributed by atoms with Crippen molar-refractivity contribution in [2.75, 3.05) is 27.2 Å². The first-order valence-electron chi connectivity index (χ1n) is 10.3. The zero-order valence-electron chi connectivity index (χ0n) is 17.8. The Kier molecular flexibility index (Phi) is 4.86. The van der Waals surface area contributed by atoms with Crippen LogP contribution in [0.3, 0.4) is 0 Å². The number of amides is 2. The Bertz CT molecular complexity index is 844. The van der Waals surface area contributed by atoms with E-state index in [-0.39, 0.29) is 23.3 Å². The maximum absolute atomic E-state index is 12.7. The van der Waals surface area contributed by atoms with E-state index in [0.717, 1.165) is 28.8 Å². The van der Waals surface area contributed by atoms with Crippen LogP contribution in [-0.2, 0) is 14.3 Å². The van der Waals surface area contributed by atoms with Gasteiger partial charge in [0, 0.05) is 49.9 Å². The molecule has 7 heteroatoms. The van der Waals surface area contributed by atoms with E-state index >= 15 is 0 Å². The molecule has 4 aliphatic rings. The molecular weight excluding hydrogens is 372 g/mol. The largest absolute Gasteiger partial charge is 0.443 e. The molecule has 158 valence electrons. The van der Waals surface area contributed by atoms with E-state index < -0.39 is 18.3 Å². The number of methoxy groups -OCH3 is 1. The second-order valence-electron chi connectivity index (χ2n) is 8.94. The molecule has 0 aromatic carbocycles. The predicted octanol–water partition coefficient (Wildman–Crippen LogP) is 2.23. The van der Waals surface area contributed by atoms with Gasteiger partial charge in [-0.05, 0) is 43.1 Å². The highest BCUT2D eigenvalue weighted by Gasteiger charge is 2.51. The minimum absolute atomic E-state index is 0.0111. The van der Waals surface area contributed by atoms with Gasteiger partial charge in [0.25, 0.3) is 5.91 Å². The Morgan fingerprint density at radius 1 is 1.38 bits per heavy atom. The molecular formula is C22H30N2O5. The van der Waals surface area contributed by atoms with E-state index in [9.17, 15) is 14.7 Å². The van der Waals surface area contributed by atoms with Gasteiger partial charge in [0.1, 0.15) is 12.2 Å². The van der Waals surface area contributed by atoms with Crippen LogP contribution in [0.1, 0.15) is 33.6 Å². The Morgan fingerprint density at radius 2 is 2.10 bits per heavy atom. The van der Waals surface area contributed by atoms with Crippen molar-refractivity contribution in [1.29, 1.82) is 0 Å². The lowest BCUT2D eigenvalue weighted by Gasteiger charge is -2.49. The van der Waals surface area contributed by atoms with Crippen LogP contribution >= 0.6 is 0 Å². The standard InChI is InChI=1S/C22H30N2O5/c1-12-16-10-22(3)13(2)19(29-21(27)24-7-6-15(25)11-24)18(28-5)9-14(22)8-17(16)23(4)20(12)26/h8-9,13,15,18-19,25H,6-7,10-11H2,1-5H3/t13-,15?,18+,19+,22+/m0/s1. The van der Waals surface area contributed by atoms with Crippen molar-refractivity contribution in [1.82, 2.24) is 9.80 Å².